The molecule has 1 fully saturated rings. The van der Waals surface area contributed by atoms with Gasteiger partial charge in [0.2, 0.25) is 0 Å². The number of nitrogens with one attached hydrogen (secondary N) is 2. The molecule has 0 spiro atoms. The van der Waals surface area contributed by atoms with Crippen LogP contribution in [0.15, 0.2) is 4.99 Å². The van der Waals surface area contributed by atoms with Crippen molar-refractivity contribution < 1.29 is 8.42 Å². The van der Waals surface area contributed by atoms with E-state index in [-0.39, 0.29) is 29.7 Å². The first-order valence-corrected chi connectivity index (χ1v) is 10.0. The van der Waals surface area contributed by atoms with Crippen molar-refractivity contribution in [2.24, 2.45) is 10.9 Å². The summed E-state index contributed by atoms with van der Waals surface area (Å²) in [6.45, 7) is 7.86. The Balaban J connectivity index is 0.00000484. The highest BCUT2D eigenvalue weighted by molar-refractivity contribution is 14.0. The zero-order valence-corrected chi connectivity index (χ0v) is 18.3. The number of nitrogens with zero attached hydrogens (tertiary/aromatic N) is 1. The van der Waals surface area contributed by atoms with Crippen LogP contribution in [0.4, 0.5) is 0 Å². The second kappa shape index (κ2) is 10.1. The molecule has 0 radical (unpaired) electrons. The average Bonchev–Trinajstić information content (AvgIpc) is 2.45. The maximum absolute atomic E-state index is 12.1. The summed E-state index contributed by atoms with van der Waals surface area (Å²) in [5.74, 6) is 1.70. The Hall–Kier alpha value is -0.0500. The largest absolute Gasteiger partial charge is 0.355 e. The summed E-state index contributed by atoms with van der Waals surface area (Å²) >= 11 is 0. The summed E-state index contributed by atoms with van der Waals surface area (Å²) in [6.07, 6.45) is 6.14. The van der Waals surface area contributed by atoms with Gasteiger partial charge in [0.1, 0.15) is 0 Å². The maximum Gasteiger partial charge on any atom is 0.191 e. The summed E-state index contributed by atoms with van der Waals surface area (Å²) in [6, 6.07) is 0.452. The van der Waals surface area contributed by atoms with E-state index < -0.39 is 14.6 Å². The minimum atomic E-state index is -3.09. The molecule has 23 heavy (non-hydrogen) atoms. The van der Waals surface area contributed by atoms with Crippen LogP contribution in [-0.4, -0.2) is 44.5 Å². The van der Waals surface area contributed by atoms with Crippen molar-refractivity contribution >= 4 is 39.8 Å². The monoisotopic (exact) mass is 459 g/mol. The van der Waals surface area contributed by atoms with Crippen molar-refractivity contribution in [3.05, 3.63) is 0 Å². The molecular formula is C16H34IN3O2S. The molecule has 1 saturated carbocycles. The van der Waals surface area contributed by atoms with Crippen LogP contribution in [0.25, 0.3) is 0 Å². The highest BCUT2D eigenvalue weighted by atomic mass is 127. The standard InChI is InChI=1S/C16H33N3O2S.HI/c1-6-13-7-9-14(10-8-13)19-15(17-5)18-11-12-22(20,21)16(2,3)4;/h13-14H,6-12H2,1-5H3,(H2,17,18,19);1H. The van der Waals surface area contributed by atoms with Gasteiger partial charge >= 0.3 is 0 Å². The summed E-state index contributed by atoms with van der Waals surface area (Å²) in [5, 5.41) is 6.55. The highest BCUT2D eigenvalue weighted by Gasteiger charge is 2.28. The van der Waals surface area contributed by atoms with Crippen LogP contribution in [0.5, 0.6) is 0 Å². The van der Waals surface area contributed by atoms with Crippen molar-refractivity contribution in [2.75, 3.05) is 19.3 Å². The molecule has 0 amide bonds. The van der Waals surface area contributed by atoms with Crippen LogP contribution in [0.1, 0.15) is 59.8 Å². The Morgan fingerprint density at radius 2 is 1.74 bits per heavy atom. The predicted octanol–water partition coefficient (Wildman–Crippen LogP) is 2.95. The van der Waals surface area contributed by atoms with Gasteiger partial charge in [0.15, 0.2) is 15.8 Å². The summed E-state index contributed by atoms with van der Waals surface area (Å²) in [7, 11) is -1.36. The highest BCUT2D eigenvalue weighted by Crippen LogP contribution is 2.26. The van der Waals surface area contributed by atoms with Gasteiger partial charge in [-0.2, -0.15) is 0 Å². The average molecular weight is 459 g/mol. The number of guanidine groups is 1. The molecule has 0 unspecified atom stereocenters. The number of hydrogen-bond acceptors (Lipinski definition) is 3. The van der Waals surface area contributed by atoms with E-state index in [1.54, 1.807) is 27.8 Å². The Kier molecular flexibility index (Phi) is 10.0. The zero-order chi connectivity index (χ0) is 16.8. The van der Waals surface area contributed by atoms with E-state index in [9.17, 15) is 8.42 Å². The molecule has 2 N–H and O–H groups in total. The smallest absolute Gasteiger partial charge is 0.191 e. The molecule has 0 aliphatic heterocycles. The number of aliphatic imine (C=N–C) groups is 1. The quantitative estimate of drug-likeness (QED) is 0.377. The fourth-order valence-corrected chi connectivity index (χ4v) is 3.70. The van der Waals surface area contributed by atoms with Crippen LogP contribution in [-0.2, 0) is 9.84 Å². The molecule has 0 saturated heterocycles. The third-order valence-corrected chi connectivity index (χ3v) is 7.19. The molecule has 0 atom stereocenters. The molecular weight excluding hydrogens is 425 g/mol. The Labute approximate surface area is 159 Å². The number of halogens is 1. The van der Waals surface area contributed by atoms with E-state index in [2.05, 4.69) is 22.5 Å². The van der Waals surface area contributed by atoms with Gasteiger partial charge in [0.05, 0.1) is 10.5 Å². The molecule has 0 aromatic rings. The lowest BCUT2D eigenvalue weighted by Gasteiger charge is -2.29. The maximum atomic E-state index is 12.1. The molecule has 138 valence electrons. The summed E-state index contributed by atoms with van der Waals surface area (Å²) < 4.78 is 23.5. The number of rotatable bonds is 5. The molecule has 7 heteroatoms. The second-order valence-electron chi connectivity index (χ2n) is 7.20. The minimum absolute atomic E-state index is 0. The van der Waals surface area contributed by atoms with Gasteiger partial charge in [-0.15, -0.1) is 24.0 Å². The molecule has 1 aliphatic rings. The van der Waals surface area contributed by atoms with E-state index in [0.717, 1.165) is 5.92 Å². The Bertz CT molecular complexity index is 464. The van der Waals surface area contributed by atoms with E-state index in [1.165, 1.54) is 32.1 Å². The van der Waals surface area contributed by atoms with E-state index >= 15 is 0 Å². The fourth-order valence-electron chi connectivity index (χ4n) is 2.71. The van der Waals surface area contributed by atoms with E-state index in [1.807, 2.05) is 0 Å². The van der Waals surface area contributed by atoms with Crippen LogP contribution < -0.4 is 10.6 Å². The minimum Gasteiger partial charge on any atom is -0.355 e. The third-order valence-electron chi connectivity index (χ3n) is 4.58. The van der Waals surface area contributed by atoms with Crippen molar-refractivity contribution in [2.45, 2.75) is 70.6 Å². The Morgan fingerprint density at radius 1 is 1.17 bits per heavy atom. The zero-order valence-electron chi connectivity index (χ0n) is 15.2. The summed E-state index contributed by atoms with van der Waals surface area (Å²) in [4.78, 5) is 4.20. The first kappa shape index (κ1) is 22.9. The normalized spacial score (nSPS) is 23.1. The molecule has 0 aromatic heterocycles. The first-order valence-electron chi connectivity index (χ1n) is 8.39. The van der Waals surface area contributed by atoms with Crippen molar-refractivity contribution in [1.29, 1.82) is 0 Å². The molecule has 1 rings (SSSR count). The lowest BCUT2D eigenvalue weighted by molar-refractivity contribution is 0.304. The lowest BCUT2D eigenvalue weighted by atomic mass is 9.84. The molecule has 5 nitrogen and oxygen atoms in total. The van der Waals surface area contributed by atoms with Crippen molar-refractivity contribution in [3.63, 3.8) is 0 Å². The Morgan fingerprint density at radius 3 is 2.17 bits per heavy atom. The predicted molar refractivity (Wildman–Crippen MR) is 109 cm³/mol. The van der Waals surface area contributed by atoms with Gasteiger partial charge in [0, 0.05) is 19.6 Å². The van der Waals surface area contributed by atoms with Crippen molar-refractivity contribution in [3.8, 4) is 0 Å². The van der Waals surface area contributed by atoms with Gasteiger partial charge in [-0.3, -0.25) is 4.99 Å². The van der Waals surface area contributed by atoms with Gasteiger partial charge in [-0.25, -0.2) is 8.42 Å². The van der Waals surface area contributed by atoms with Crippen molar-refractivity contribution in [1.82, 2.24) is 10.6 Å². The van der Waals surface area contributed by atoms with Gasteiger partial charge in [-0.1, -0.05) is 13.3 Å². The van der Waals surface area contributed by atoms with E-state index in [4.69, 9.17) is 0 Å². The van der Waals surface area contributed by atoms with E-state index in [0.29, 0.717) is 18.5 Å². The van der Waals surface area contributed by atoms with Crippen LogP contribution >= 0.6 is 24.0 Å². The number of sulfone groups is 1. The van der Waals surface area contributed by atoms with Gasteiger partial charge in [-0.05, 0) is 52.4 Å². The van der Waals surface area contributed by atoms with Gasteiger partial charge < -0.3 is 10.6 Å². The molecule has 0 aromatic carbocycles. The van der Waals surface area contributed by atoms with Crippen LogP contribution in [0.2, 0.25) is 0 Å². The SMILES string of the molecule is CCC1CCC(NC(=NC)NCCS(=O)(=O)C(C)(C)C)CC1.I. The second-order valence-corrected chi connectivity index (χ2v) is 10.1. The lowest BCUT2D eigenvalue weighted by Crippen LogP contribution is -2.46. The van der Waals surface area contributed by atoms with Crippen LogP contribution in [0, 0.1) is 5.92 Å². The molecule has 0 heterocycles. The van der Waals surface area contributed by atoms with Crippen LogP contribution in [0.3, 0.4) is 0 Å². The van der Waals surface area contributed by atoms with Gasteiger partial charge in [0.25, 0.3) is 0 Å². The fraction of sp³-hybridized carbons (Fsp3) is 0.938. The molecule has 1 aliphatic carbocycles. The topological polar surface area (TPSA) is 70.6 Å². The molecule has 0 bridgehead atoms. The first-order chi connectivity index (χ1) is 10.2. The number of hydrogen-bond donors (Lipinski definition) is 2. The third kappa shape index (κ3) is 7.58. The summed E-state index contributed by atoms with van der Waals surface area (Å²) in [5.41, 5.74) is 0.